The first kappa shape index (κ1) is 8.45. The van der Waals surface area contributed by atoms with Crippen LogP contribution in [0.4, 0.5) is 0 Å². The van der Waals surface area contributed by atoms with Gasteiger partial charge in [0.1, 0.15) is 0 Å². The standard InChI is InChI=1S/C7H9N3O2/c1-3-4-5(6(8)11)9-10(2)7(4)12/h3H,1-2H3,(H2,8,11)/b4-3-. The van der Waals surface area contributed by atoms with Gasteiger partial charge in [-0.2, -0.15) is 5.10 Å². The Morgan fingerprint density at radius 3 is 2.58 bits per heavy atom. The predicted octanol–water partition coefficient (Wildman–Crippen LogP) is -0.754. The Hall–Kier alpha value is -1.65. The van der Waals surface area contributed by atoms with Gasteiger partial charge in [-0.05, 0) is 6.92 Å². The second-order valence-corrected chi connectivity index (χ2v) is 2.34. The van der Waals surface area contributed by atoms with Crippen LogP contribution in [-0.2, 0) is 9.59 Å². The maximum Gasteiger partial charge on any atom is 0.275 e. The minimum Gasteiger partial charge on any atom is -0.364 e. The van der Waals surface area contributed by atoms with Gasteiger partial charge in [0, 0.05) is 7.05 Å². The van der Waals surface area contributed by atoms with Gasteiger partial charge in [0.25, 0.3) is 11.8 Å². The van der Waals surface area contributed by atoms with E-state index >= 15 is 0 Å². The zero-order valence-corrected chi connectivity index (χ0v) is 6.87. The van der Waals surface area contributed by atoms with Crippen molar-refractivity contribution in [2.45, 2.75) is 6.92 Å². The van der Waals surface area contributed by atoms with Gasteiger partial charge >= 0.3 is 0 Å². The quantitative estimate of drug-likeness (QED) is 0.521. The summed E-state index contributed by atoms with van der Waals surface area (Å²) in [5, 5.41) is 4.77. The van der Waals surface area contributed by atoms with Crippen molar-refractivity contribution in [3.8, 4) is 0 Å². The molecular formula is C7H9N3O2. The van der Waals surface area contributed by atoms with Crippen LogP contribution in [0, 0.1) is 0 Å². The number of likely N-dealkylation sites (N-methyl/N-ethyl adjacent to an activating group) is 1. The summed E-state index contributed by atoms with van der Waals surface area (Å²) in [6.45, 7) is 1.66. The molecule has 0 spiro atoms. The molecule has 0 unspecified atom stereocenters. The number of primary amides is 1. The van der Waals surface area contributed by atoms with Crippen molar-refractivity contribution in [2.75, 3.05) is 7.05 Å². The van der Waals surface area contributed by atoms with Crippen molar-refractivity contribution in [2.24, 2.45) is 10.8 Å². The van der Waals surface area contributed by atoms with E-state index in [4.69, 9.17) is 5.73 Å². The second kappa shape index (κ2) is 2.77. The van der Waals surface area contributed by atoms with Gasteiger partial charge < -0.3 is 5.73 Å². The van der Waals surface area contributed by atoms with Gasteiger partial charge in [-0.15, -0.1) is 0 Å². The summed E-state index contributed by atoms with van der Waals surface area (Å²) in [6, 6.07) is 0. The number of hydrogen-bond acceptors (Lipinski definition) is 3. The Balaban J connectivity index is 3.10. The fraction of sp³-hybridized carbons (Fsp3) is 0.286. The topological polar surface area (TPSA) is 75.8 Å². The van der Waals surface area contributed by atoms with Crippen LogP contribution in [0.5, 0.6) is 0 Å². The monoisotopic (exact) mass is 167 g/mol. The average molecular weight is 167 g/mol. The van der Waals surface area contributed by atoms with E-state index in [0.717, 1.165) is 5.01 Å². The highest BCUT2D eigenvalue weighted by atomic mass is 16.2. The maximum atomic E-state index is 11.2. The lowest BCUT2D eigenvalue weighted by molar-refractivity contribution is -0.124. The third kappa shape index (κ3) is 1.09. The van der Waals surface area contributed by atoms with E-state index in [1.54, 1.807) is 6.92 Å². The van der Waals surface area contributed by atoms with Crippen LogP contribution in [0.15, 0.2) is 16.8 Å². The largest absolute Gasteiger partial charge is 0.364 e. The number of nitrogens with zero attached hydrogens (tertiary/aromatic N) is 2. The maximum absolute atomic E-state index is 11.2. The number of rotatable bonds is 1. The van der Waals surface area contributed by atoms with E-state index in [0.29, 0.717) is 0 Å². The van der Waals surface area contributed by atoms with Crippen LogP contribution < -0.4 is 5.73 Å². The molecule has 1 heterocycles. The lowest BCUT2D eigenvalue weighted by Crippen LogP contribution is -2.24. The number of hydrogen-bond donors (Lipinski definition) is 1. The van der Waals surface area contributed by atoms with Gasteiger partial charge in [-0.25, -0.2) is 5.01 Å². The lowest BCUT2D eigenvalue weighted by Gasteiger charge is -1.99. The van der Waals surface area contributed by atoms with Crippen molar-refractivity contribution in [3.05, 3.63) is 11.6 Å². The number of amides is 2. The Morgan fingerprint density at radius 1 is 1.67 bits per heavy atom. The zero-order valence-electron chi connectivity index (χ0n) is 6.87. The van der Waals surface area contributed by atoms with Crippen LogP contribution in [0.2, 0.25) is 0 Å². The molecule has 2 amide bonds. The third-order valence-electron chi connectivity index (χ3n) is 1.55. The normalized spacial score (nSPS) is 20.2. The summed E-state index contributed by atoms with van der Waals surface area (Å²) >= 11 is 0. The summed E-state index contributed by atoms with van der Waals surface area (Å²) in [5.41, 5.74) is 5.30. The van der Waals surface area contributed by atoms with Crippen molar-refractivity contribution in [1.29, 1.82) is 0 Å². The molecule has 5 heteroatoms. The molecule has 64 valence electrons. The summed E-state index contributed by atoms with van der Waals surface area (Å²) in [6.07, 6.45) is 1.52. The number of carbonyl (C=O) groups excluding carboxylic acids is 2. The highest BCUT2D eigenvalue weighted by Crippen LogP contribution is 2.12. The van der Waals surface area contributed by atoms with E-state index < -0.39 is 5.91 Å². The van der Waals surface area contributed by atoms with E-state index in [9.17, 15) is 9.59 Å². The summed E-state index contributed by atoms with van der Waals surface area (Å²) in [7, 11) is 1.47. The highest BCUT2D eigenvalue weighted by Gasteiger charge is 2.29. The zero-order chi connectivity index (χ0) is 9.30. The molecule has 0 radical (unpaired) electrons. The highest BCUT2D eigenvalue weighted by molar-refractivity contribution is 6.52. The van der Waals surface area contributed by atoms with Crippen molar-refractivity contribution < 1.29 is 9.59 Å². The minimum atomic E-state index is -0.680. The molecule has 0 bridgehead atoms. The molecule has 1 aliphatic rings. The number of carbonyl (C=O) groups is 2. The van der Waals surface area contributed by atoms with Gasteiger partial charge in [-0.3, -0.25) is 9.59 Å². The van der Waals surface area contributed by atoms with E-state index in [-0.39, 0.29) is 17.2 Å². The molecule has 2 N–H and O–H groups in total. The Morgan fingerprint density at radius 2 is 2.25 bits per heavy atom. The fourth-order valence-corrected chi connectivity index (χ4v) is 0.967. The molecule has 0 atom stereocenters. The molecule has 0 saturated heterocycles. The summed E-state index contributed by atoms with van der Waals surface area (Å²) in [4.78, 5) is 21.9. The molecule has 0 aromatic carbocycles. The first-order valence-electron chi connectivity index (χ1n) is 3.41. The van der Waals surface area contributed by atoms with Gasteiger partial charge in [-0.1, -0.05) is 6.08 Å². The smallest absolute Gasteiger partial charge is 0.275 e. The van der Waals surface area contributed by atoms with E-state index in [1.165, 1.54) is 13.1 Å². The Bertz CT molecular complexity index is 304. The minimum absolute atomic E-state index is 0.0324. The van der Waals surface area contributed by atoms with Gasteiger partial charge in [0.2, 0.25) is 0 Å². The molecular weight excluding hydrogens is 158 g/mol. The SMILES string of the molecule is C/C=C1\C(=O)N(C)N=C1C(N)=O. The van der Waals surface area contributed by atoms with Gasteiger partial charge in [0.15, 0.2) is 5.71 Å². The number of nitrogens with two attached hydrogens (primary N) is 1. The second-order valence-electron chi connectivity index (χ2n) is 2.34. The van der Waals surface area contributed by atoms with Crippen LogP contribution in [0.3, 0.4) is 0 Å². The summed E-state index contributed by atoms with van der Waals surface area (Å²) < 4.78 is 0. The molecule has 0 aromatic heterocycles. The van der Waals surface area contributed by atoms with Crippen LogP contribution in [-0.4, -0.2) is 29.6 Å². The number of allylic oxidation sites excluding steroid dienone is 1. The third-order valence-corrected chi connectivity index (χ3v) is 1.55. The Kier molecular flexibility index (Phi) is 1.95. The summed E-state index contributed by atoms with van der Waals surface area (Å²) in [5.74, 6) is -0.980. The van der Waals surface area contributed by atoms with Crippen LogP contribution in [0.1, 0.15) is 6.92 Å². The molecule has 0 aromatic rings. The molecule has 0 saturated carbocycles. The van der Waals surface area contributed by atoms with Gasteiger partial charge in [0.05, 0.1) is 5.57 Å². The van der Waals surface area contributed by atoms with Crippen LogP contribution >= 0.6 is 0 Å². The molecule has 1 aliphatic heterocycles. The average Bonchev–Trinajstić information content (AvgIpc) is 2.29. The van der Waals surface area contributed by atoms with Crippen molar-refractivity contribution in [1.82, 2.24) is 5.01 Å². The fourth-order valence-electron chi connectivity index (χ4n) is 0.967. The van der Waals surface area contributed by atoms with Crippen molar-refractivity contribution >= 4 is 17.5 Å². The molecule has 12 heavy (non-hydrogen) atoms. The first-order chi connectivity index (χ1) is 5.57. The molecule has 5 nitrogen and oxygen atoms in total. The first-order valence-corrected chi connectivity index (χ1v) is 3.41. The molecule has 1 rings (SSSR count). The predicted molar refractivity (Wildman–Crippen MR) is 43.2 cm³/mol. The number of hydrazone groups is 1. The van der Waals surface area contributed by atoms with Crippen molar-refractivity contribution in [3.63, 3.8) is 0 Å². The van der Waals surface area contributed by atoms with Crippen LogP contribution in [0.25, 0.3) is 0 Å². The van der Waals surface area contributed by atoms with E-state index in [2.05, 4.69) is 5.10 Å². The Labute approximate surface area is 69.5 Å². The lowest BCUT2D eigenvalue weighted by atomic mass is 10.1. The molecule has 0 fully saturated rings. The van der Waals surface area contributed by atoms with E-state index in [1.807, 2.05) is 0 Å². The molecule has 0 aliphatic carbocycles.